The van der Waals surface area contributed by atoms with Gasteiger partial charge in [-0.25, -0.2) is 0 Å². The Labute approximate surface area is 218 Å². The van der Waals surface area contributed by atoms with Gasteiger partial charge >= 0.3 is 0 Å². The smallest absolute Gasteiger partial charge is 0.300 e. The lowest BCUT2D eigenvalue weighted by atomic mass is 9.85. The van der Waals surface area contributed by atoms with Gasteiger partial charge in [-0.1, -0.05) is 51.1 Å². The van der Waals surface area contributed by atoms with Crippen LogP contribution in [0.1, 0.15) is 54.6 Å². The monoisotopic (exact) mass is 499 g/mol. The Morgan fingerprint density at radius 3 is 2.27 bits per heavy atom. The molecule has 1 aliphatic heterocycles. The van der Waals surface area contributed by atoms with Crippen LogP contribution in [-0.2, 0) is 15.0 Å². The summed E-state index contributed by atoms with van der Waals surface area (Å²) in [6.45, 7) is 10.1. The maximum absolute atomic E-state index is 13.6. The first kappa shape index (κ1) is 26.0. The molecule has 3 aromatic carbocycles. The van der Waals surface area contributed by atoms with Crippen LogP contribution in [0.3, 0.4) is 0 Å². The van der Waals surface area contributed by atoms with Crippen LogP contribution in [0.15, 0.2) is 66.2 Å². The van der Waals surface area contributed by atoms with Gasteiger partial charge in [-0.05, 0) is 71.8 Å². The van der Waals surface area contributed by atoms with E-state index >= 15 is 0 Å². The Balaban J connectivity index is 2.04. The van der Waals surface area contributed by atoms with Crippen molar-refractivity contribution in [1.29, 1.82) is 0 Å². The highest BCUT2D eigenvalue weighted by Gasteiger charge is 2.47. The molecule has 1 atom stereocenters. The summed E-state index contributed by atoms with van der Waals surface area (Å²) >= 11 is 0. The number of carbonyl (C=O) groups is 2. The molecule has 0 saturated carbocycles. The zero-order valence-electron chi connectivity index (χ0n) is 22.4. The third kappa shape index (κ3) is 4.59. The van der Waals surface area contributed by atoms with Gasteiger partial charge in [0.25, 0.3) is 11.7 Å². The second-order valence-corrected chi connectivity index (χ2v) is 10.3. The number of rotatable bonds is 5. The number of aryl methyl sites for hydroxylation is 1. The van der Waals surface area contributed by atoms with Crippen molar-refractivity contribution in [1.82, 2.24) is 0 Å². The summed E-state index contributed by atoms with van der Waals surface area (Å²) in [5.41, 5.74) is 4.24. The lowest BCUT2D eigenvalue weighted by Crippen LogP contribution is -2.30. The van der Waals surface area contributed by atoms with Crippen molar-refractivity contribution in [3.63, 3.8) is 0 Å². The van der Waals surface area contributed by atoms with Crippen LogP contribution in [0, 0.1) is 13.8 Å². The highest BCUT2D eigenvalue weighted by molar-refractivity contribution is 6.51. The van der Waals surface area contributed by atoms with Crippen LogP contribution in [0.25, 0.3) is 5.76 Å². The van der Waals surface area contributed by atoms with Gasteiger partial charge in [-0.15, -0.1) is 0 Å². The number of methoxy groups -OCH3 is 2. The number of Topliss-reactive ketones (excluding diaryl/α,β-unsaturated/α-hetero) is 1. The first-order valence-corrected chi connectivity index (χ1v) is 12.2. The Kier molecular flexibility index (Phi) is 6.87. The van der Waals surface area contributed by atoms with E-state index in [2.05, 4.69) is 20.8 Å². The second-order valence-electron chi connectivity index (χ2n) is 10.3. The number of hydrogen-bond donors (Lipinski definition) is 1. The summed E-state index contributed by atoms with van der Waals surface area (Å²) in [4.78, 5) is 28.7. The molecule has 6 nitrogen and oxygen atoms in total. The number of benzene rings is 3. The predicted octanol–water partition coefficient (Wildman–Crippen LogP) is 6.24. The fraction of sp³-hybridized carbons (Fsp3) is 0.290. The van der Waals surface area contributed by atoms with Crippen molar-refractivity contribution < 1.29 is 24.2 Å². The number of aliphatic hydroxyl groups excluding tert-OH is 1. The molecule has 0 spiro atoms. The third-order valence-electron chi connectivity index (χ3n) is 7.01. The number of ether oxygens (including phenoxy) is 2. The first-order chi connectivity index (χ1) is 17.5. The van der Waals surface area contributed by atoms with Crippen LogP contribution in [0.4, 0.5) is 5.69 Å². The standard InChI is InChI=1S/C31H33NO5/c1-18-10-8-13-24(19(18)2)32-27(20-11-9-12-22(16-20)36-6)26(29(34)30(32)35)28(33)23-17-21(31(3,4)5)14-15-25(23)37-7/h8-17,27,33H,1-7H3/b28-26+. The molecule has 1 saturated heterocycles. The topological polar surface area (TPSA) is 76.1 Å². The minimum Gasteiger partial charge on any atom is -0.507 e. The molecule has 1 heterocycles. The summed E-state index contributed by atoms with van der Waals surface area (Å²) in [6, 6.07) is 17.5. The van der Waals surface area contributed by atoms with E-state index in [-0.39, 0.29) is 16.7 Å². The summed E-state index contributed by atoms with van der Waals surface area (Å²) < 4.78 is 11.0. The highest BCUT2D eigenvalue weighted by Crippen LogP contribution is 2.45. The van der Waals surface area contributed by atoms with Gasteiger partial charge in [0.1, 0.15) is 17.3 Å². The van der Waals surface area contributed by atoms with Crippen LogP contribution in [-0.4, -0.2) is 31.0 Å². The summed E-state index contributed by atoms with van der Waals surface area (Å²) in [6.07, 6.45) is 0. The van der Waals surface area contributed by atoms with Crippen molar-refractivity contribution >= 4 is 23.1 Å². The van der Waals surface area contributed by atoms with Crippen LogP contribution in [0.2, 0.25) is 0 Å². The number of ketones is 1. The Morgan fingerprint density at radius 2 is 1.62 bits per heavy atom. The average molecular weight is 500 g/mol. The fourth-order valence-corrected chi connectivity index (χ4v) is 4.71. The molecule has 1 fully saturated rings. The molecule has 0 radical (unpaired) electrons. The molecule has 0 aromatic heterocycles. The van der Waals surface area contributed by atoms with Gasteiger partial charge in [-0.3, -0.25) is 14.5 Å². The number of aliphatic hydroxyl groups is 1. The van der Waals surface area contributed by atoms with Crippen molar-refractivity contribution in [3.05, 3.63) is 94.1 Å². The number of carbonyl (C=O) groups excluding carboxylic acids is 2. The molecule has 0 aliphatic carbocycles. The third-order valence-corrected chi connectivity index (χ3v) is 7.01. The lowest BCUT2D eigenvalue weighted by molar-refractivity contribution is -0.132. The van der Waals surface area contributed by atoms with Gasteiger partial charge in [0.2, 0.25) is 0 Å². The normalized spacial score (nSPS) is 17.3. The lowest BCUT2D eigenvalue weighted by Gasteiger charge is -2.28. The second kappa shape index (κ2) is 9.77. The van der Waals surface area contributed by atoms with E-state index in [1.165, 1.54) is 12.0 Å². The van der Waals surface area contributed by atoms with Crippen molar-refractivity contribution in [2.24, 2.45) is 0 Å². The molecule has 37 heavy (non-hydrogen) atoms. The molecule has 0 bridgehead atoms. The zero-order chi connectivity index (χ0) is 27.1. The number of hydrogen-bond acceptors (Lipinski definition) is 5. The zero-order valence-corrected chi connectivity index (χ0v) is 22.4. The molecule has 1 aliphatic rings. The summed E-state index contributed by atoms with van der Waals surface area (Å²) in [5, 5.41) is 11.7. The SMILES string of the molecule is COc1cccc(C2/C(=C(\O)c3cc(C(C)(C)C)ccc3OC)C(=O)C(=O)N2c2cccc(C)c2C)c1. The Hall–Kier alpha value is -4.06. The predicted molar refractivity (Wildman–Crippen MR) is 145 cm³/mol. The molecule has 6 heteroatoms. The highest BCUT2D eigenvalue weighted by atomic mass is 16.5. The maximum atomic E-state index is 13.6. The number of amides is 1. The van der Waals surface area contributed by atoms with Gasteiger partial charge in [0.15, 0.2) is 0 Å². The van der Waals surface area contributed by atoms with Crippen LogP contribution < -0.4 is 14.4 Å². The Bertz CT molecular complexity index is 1410. The van der Waals surface area contributed by atoms with Crippen molar-refractivity contribution in [2.75, 3.05) is 19.1 Å². The van der Waals surface area contributed by atoms with Gasteiger partial charge in [-0.2, -0.15) is 0 Å². The van der Waals surface area contributed by atoms with E-state index in [1.807, 2.05) is 50.2 Å². The molecule has 192 valence electrons. The minimum atomic E-state index is -0.862. The maximum Gasteiger partial charge on any atom is 0.300 e. The molecule has 1 N–H and O–H groups in total. The Morgan fingerprint density at radius 1 is 0.919 bits per heavy atom. The first-order valence-electron chi connectivity index (χ1n) is 12.2. The van der Waals surface area contributed by atoms with Gasteiger partial charge in [0.05, 0.1) is 31.4 Å². The van der Waals surface area contributed by atoms with E-state index in [9.17, 15) is 14.7 Å². The minimum absolute atomic E-state index is 0.00326. The average Bonchev–Trinajstić information content (AvgIpc) is 3.14. The number of nitrogens with zero attached hydrogens (tertiary/aromatic N) is 1. The van der Waals surface area contributed by atoms with E-state index in [4.69, 9.17) is 9.47 Å². The van der Waals surface area contributed by atoms with E-state index in [1.54, 1.807) is 31.4 Å². The molecular weight excluding hydrogens is 466 g/mol. The van der Waals surface area contributed by atoms with Crippen LogP contribution in [0.5, 0.6) is 11.5 Å². The number of anilines is 1. The van der Waals surface area contributed by atoms with E-state index in [0.29, 0.717) is 28.3 Å². The molecule has 3 aromatic rings. The quantitative estimate of drug-likeness (QED) is 0.255. The largest absolute Gasteiger partial charge is 0.507 e. The molecule has 1 amide bonds. The molecular formula is C31H33NO5. The summed E-state index contributed by atoms with van der Waals surface area (Å²) in [7, 11) is 3.07. The molecule has 1 unspecified atom stereocenters. The van der Waals surface area contributed by atoms with Gasteiger partial charge < -0.3 is 14.6 Å². The van der Waals surface area contributed by atoms with E-state index < -0.39 is 17.7 Å². The van der Waals surface area contributed by atoms with Crippen molar-refractivity contribution in [2.45, 2.75) is 46.1 Å². The van der Waals surface area contributed by atoms with Crippen molar-refractivity contribution in [3.8, 4) is 11.5 Å². The van der Waals surface area contributed by atoms with Gasteiger partial charge in [0, 0.05) is 5.69 Å². The fourth-order valence-electron chi connectivity index (χ4n) is 4.71. The van der Waals surface area contributed by atoms with Crippen LogP contribution >= 0.6 is 0 Å². The summed E-state index contributed by atoms with van der Waals surface area (Å²) in [5.74, 6) is -0.741. The van der Waals surface area contributed by atoms with E-state index in [0.717, 1.165) is 16.7 Å². The molecule has 4 rings (SSSR count).